The molecule has 0 aliphatic rings. The van der Waals surface area contributed by atoms with Crippen LogP contribution in [0.5, 0.6) is 11.5 Å². The van der Waals surface area contributed by atoms with Gasteiger partial charge in [0.2, 0.25) is 0 Å². The zero-order chi connectivity index (χ0) is 41.8. The van der Waals surface area contributed by atoms with Gasteiger partial charge in [-0.15, -0.1) is 0 Å². The van der Waals surface area contributed by atoms with Crippen LogP contribution in [0.4, 0.5) is 35.1 Å². The highest BCUT2D eigenvalue weighted by Crippen LogP contribution is 2.44. The molecule has 0 atom stereocenters. The number of aryl methyl sites for hydroxylation is 1. The number of rotatable bonds is 6. The maximum atomic E-state index is 14.6. The number of hydrogen-bond donors (Lipinski definition) is 6. The summed E-state index contributed by atoms with van der Waals surface area (Å²) in [4.78, 5) is 0. The van der Waals surface area contributed by atoms with Crippen molar-refractivity contribution in [3.8, 4) is 56.0 Å². The first kappa shape index (κ1) is 41.1. The van der Waals surface area contributed by atoms with Gasteiger partial charge in [-0.1, -0.05) is 64.9 Å². The minimum atomic E-state index is -4.75. The zero-order valence-electron chi connectivity index (χ0n) is 29.3. The first-order chi connectivity index (χ1) is 26.8. The largest absolute Gasteiger partial charge is 0.508 e. The second-order valence-corrected chi connectivity index (χ2v) is 12.4. The average Bonchev–Trinajstić information content (AvgIpc) is 3.16. The van der Waals surface area contributed by atoms with Crippen LogP contribution in [0.1, 0.15) is 27.8 Å². The van der Waals surface area contributed by atoms with Gasteiger partial charge in [0, 0.05) is 45.5 Å². The van der Waals surface area contributed by atoms with Gasteiger partial charge in [-0.25, -0.2) is 8.78 Å². The van der Waals surface area contributed by atoms with E-state index in [1.54, 1.807) is 61.5 Å². The van der Waals surface area contributed by atoms with Crippen molar-refractivity contribution in [2.75, 3.05) is 0 Å². The third-order valence-corrected chi connectivity index (χ3v) is 8.66. The lowest BCUT2D eigenvalue weighted by Crippen LogP contribution is -2.17. The van der Waals surface area contributed by atoms with E-state index in [0.717, 1.165) is 42.5 Å². The fraction of sp³-hybridized carbons (Fsp3) is 0.0732. The summed E-state index contributed by atoms with van der Waals surface area (Å²) < 4.78 is 110. The number of oxime groups is 2. The lowest BCUT2D eigenvalue weighted by Gasteiger charge is -2.20. The molecule has 0 fully saturated rings. The summed E-state index contributed by atoms with van der Waals surface area (Å²) >= 11 is 0. The Morgan fingerprint density at radius 3 is 1.35 bits per heavy atom. The summed E-state index contributed by atoms with van der Waals surface area (Å²) in [6.07, 6.45) is -9.50. The first-order valence-electron chi connectivity index (χ1n) is 16.4. The molecule has 57 heavy (non-hydrogen) atoms. The molecule has 16 heteroatoms. The molecule has 0 bridgehead atoms. The van der Waals surface area contributed by atoms with Gasteiger partial charge in [-0.2, -0.15) is 26.3 Å². The number of amidine groups is 2. The molecular weight excluding hydrogens is 764 g/mol. The topological polar surface area (TPSA) is 158 Å². The number of hydrogen-bond acceptors (Lipinski definition) is 6. The van der Waals surface area contributed by atoms with Crippen molar-refractivity contribution in [3.05, 3.63) is 155 Å². The monoisotopic (exact) mass is 794 g/mol. The molecule has 0 saturated heterocycles. The molecule has 8 N–H and O–H groups in total. The predicted octanol–water partition coefficient (Wildman–Crippen LogP) is 10.3. The van der Waals surface area contributed by atoms with Crippen molar-refractivity contribution < 1.29 is 55.8 Å². The third-order valence-electron chi connectivity index (χ3n) is 8.66. The van der Waals surface area contributed by atoms with Gasteiger partial charge in [0.25, 0.3) is 0 Å². The van der Waals surface area contributed by atoms with Crippen molar-refractivity contribution in [1.29, 1.82) is 0 Å². The van der Waals surface area contributed by atoms with Crippen LogP contribution in [0.3, 0.4) is 0 Å². The molecule has 6 aromatic carbocycles. The number of phenolic OH excluding ortho intramolecular Hbond substituents is 2. The number of alkyl halides is 6. The van der Waals surface area contributed by atoms with Crippen LogP contribution in [0.25, 0.3) is 44.5 Å². The van der Waals surface area contributed by atoms with Crippen LogP contribution in [0.15, 0.2) is 126 Å². The Morgan fingerprint density at radius 2 is 0.930 bits per heavy atom. The highest BCUT2D eigenvalue weighted by atomic mass is 19.4. The van der Waals surface area contributed by atoms with Gasteiger partial charge in [-0.3, -0.25) is 0 Å². The molecule has 0 amide bonds. The minimum Gasteiger partial charge on any atom is -0.508 e. The second-order valence-electron chi connectivity index (χ2n) is 12.4. The molecular formula is C41H30F8N4O4. The number of phenols is 2. The summed E-state index contributed by atoms with van der Waals surface area (Å²) in [6, 6.07) is 24.4. The van der Waals surface area contributed by atoms with E-state index in [9.17, 15) is 45.3 Å². The van der Waals surface area contributed by atoms with E-state index >= 15 is 0 Å². The van der Waals surface area contributed by atoms with E-state index in [-0.39, 0.29) is 56.0 Å². The van der Waals surface area contributed by atoms with E-state index in [1.165, 1.54) is 18.2 Å². The smallest absolute Gasteiger partial charge is 0.416 e. The summed E-state index contributed by atoms with van der Waals surface area (Å²) in [6.45, 7) is 1.74. The standard InChI is InChI=1S/C21H16F4N2O2.C20H14F4N2O2/c1-11-4-2-3-5-14(11)19-16(15-7-6-13(28)10-18(15)22)8-12(21(23,24)25)9-17(19)20(26)27-29;21-17-10-13(27)6-7-14(17)15-8-12(20(22,23)24)9-16(19(25)26-28)18(15)11-4-2-1-3-5-11/h2-10,28-29H,1H3,(H2,26,27);1-10,27-28H,(H2,25,26). The van der Waals surface area contributed by atoms with E-state index in [1.807, 2.05) is 0 Å². The maximum Gasteiger partial charge on any atom is 0.416 e. The predicted molar refractivity (Wildman–Crippen MR) is 198 cm³/mol. The van der Waals surface area contributed by atoms with Crippen LogP contribution in [-0.2, 0) is 12.4 Å². The van der Waals surface area contributed by atoms with Crippen LogP contribution in [0, 0.1) is 18.6 Å². The Balaban J connectivity index is 0.000000218. The molecule has 6 rings (SSSR count). The molecule has 0 aliphatic heterocycles. The quantitative estimate of drug-likeness (QED) is 0.0324. The van der Waals surface area contributed by atoms with Crippen molar-refractivity contribution in [2.24, 2.45) is 21.8 Å². The Bertz CT molecular complexity index is 2500. The zero-order valence-corrected chi connectivity index (χ0v) is 29.3. The summed E-state index contributed by atoms with van der Waals surface area (Å²) in [5.41, 5.74) is 10.2. The maximum absolute atomic E-state index is 14.6. The molecule has 0 spiro atoms. The molecule has 0 heterocycles. The van der Waals surface area contributed by atoms with E-state index in [2.05, 4.69) is 10.3 Å². The number of benzene rings is 6. The van der Waals surface area contributed by atoms with Gasteiger partial charge in [0.15, 0.2) is 11.7 Å². The molecule has 0 aromatic heterocycles. The number of aromatic hydroxyl groups is 2. The van der Waals surface area contributed by atoms with Crippen molar-refractivity contribution >= 4 is 11.7 Å². The molecule has 0 unspecified atom stereocenters. The average molecular weight is 795 g/mol. The van der Waals surface area contributed by atoms with Crippen LogP contribution < -0.4 is 11.5 Å². The second kappa shape index (κ2) is 16.3. The highest BCUT2D eigenvalue weighted by molar-refractivity contribution is 6.08. The van der Waals surface area contributed by atoms with E-state index in [4.69, 9.17) is 21.9 Å². The fourth-order valence-corrected chi connectivity index (χ4v) is 6.05. The van der Waals surface area contributed by atoms with Gasteiger partial charge >= 0.3 is 12.4 Å². The lowest BCUT2D eigenvalue weighted by atomic mass is 9.86. The fourth-order valence-electron chi connectivity index (χ4n) is 6.05. The first-order valence-corrected chi connectivity index (χ1v) is 16.4. The molecule has 294 valence electrons. The van der Waals surface area contributed by atoms with Crippen molar-refractivity contribution in [1.82, 2.24) is 0 Å². The Kier molecular flexibility index (Phi) is 11.8. The van der Waals surface area contributed by atoms with Gasteiger partial charge < -0.3 is 32.1 Å². The van der Waals surface area contributed by atoms with Crippen molar-refractivity contribution in [2.45, 2.75) is 19.3 Å². The minimum absolute atomic E-state index is 0.103. The molecule has 8 nitrogen and oxygen atoms in total. The van der Waals surface area contributed by atoms with E-state index in [0.29, 0.717) is 16.7 Å². The molecule has 6 aromatic rings. The molecule has 0 radical (unpaired) electrons. The highest BCUT2D eigenvalue weighted by Gasteiger charge is 2.35. The van der Waals surface area contributed by atoms with E-state index < -0.39 is 46.8 Å². The van der Waals surface area contributed by atoms with Gasteiger partial charge in [0.05, 0.1) is 11.1 Å². The lowest BCUT2D eigenvalue weighted by molar-refractivity contribution is -0.138. The number of halogens is 8. The van der Waals surface area contributed by atoms with Gasteiger partial charge in [0.1, 0.15) is 23.1 Å². The van der Waals surface area contributed by atoms with Crippen LogP contribution in [0.2, 0.25) is 0 Å². The Hall–Kier alpha value is -7.10. The number of nitrogens with two attached hydrogens (primary N) is 2. The molecule has 0 aliphatic carbocycles. The van der Waals surface area contributed by atoms with Gasteiger partial charge in [-0.05, 0) is 83.3 Å². The third kappa shape index (κ3) is 8.91. The molecule has 0 saturated carbocycles. The Morgan fingerprint density at radius 1 is 0.509 bits per heavy atom. The summed E-state index contributed by atoms with van der Waals surface area (Å²) in [5.74, 6) is -3.66. The normalized spacial score (nSPS) is 12.2. The van der Waals surface area contributed by atoms with Crippen LogP contribution >= 0.6 is 0 Å². The van der Waals surface area contributed by atoms with Crippen molar-refractivity contribution in [3.63, 3.8) is 0 Å². The SMILES string of the molecule is Cc1ccccc1-c1c(C(N)=NO)cc(C(F)(F)F)cc1-c1ccc(O)cc1F.NC(=NO)c1cc(C(F)(F)F)cc(-c2ccc(O)cc2F)c1-c1ccccc1. The summed E-state index contributed by atoms with van der Waals surface area (Å²) in [7, 11) is 0. The Labute approximate surface area is 318 Å². The number of nitrogens with zero attached hydrogens (tertiary/aromatic N) is 2. The van der Waals surface area contributed by atoms with Crippen LogP contribution in [-0.4, -0.2) is 32.3 Å². The summed E-state index contributed by atoms with van der Waals surface area (Å²) in [5, 5.41) is 42.9.